The number of benzene rings is 1. The number of amides is 2. The number of nitrogens with zero attached hydrogens (tertiary/aromatic N) is 2. The highest BCUT2D eigenvalue weighted by molar-refractivity contribution is 7.10. The molecule has 0 unspecified atom stereocenters. The Bertz CT molecular complexity index is 910. The standard InChI is InChI=1S/C25H33FN2O3S/c1-17(2)9-12-27(25(30)18(3)4)15-24(29)28-13-10-23-21(11-14-32-23)22(28)16-31-20-7-5-19(26)6-8-20/h5-8,11,14,17-18,22H,9-10,12-13,15-16H2,1-4H3/t22-/m1/s1. The average molecular weight is 461 g/mol. The number of ether oxygens (including phenoxy) is 1. The van der Waals surface area contributed by atoms with Crippen molar-refractivity contribution in [1.82, 2.24) is 9.80 Å². The summed E-state index contributed by atoms with van der Waals surface area (Å²) >= 11 is 1.69. The zero-order valence-corrected chi connectivity index (χ0v) is 20.2. The fourth-order valence-electron chi connectivity index (χ4n) is 3.88. The van der Waals surface area contributed by atoms with Crippen LogP contribution >= 0.6 is 11.3 Å². The lowest BCUT2D eigenvalue weighted by Crippen LogP contribution is -2.48. The van der Waals surface area contributed by atoms with E-state index in [2.05, 4.69) is 13.8 Å². The Kier molecular flexibility index (Phi) is 8.29. The lowest BCUT2D eigenvalue weighted by atomic mass is 10.00. The molecule has 1 aliphatic heterocycles. The Balaban J connectivity index is 1.75. The van der Waals surface area contributed by atoms with E-state index in [-0.39, 0.29) is 42.7 Å². The van der Waals surface area contributed by atoms with E-state index in [0.29, 0.717) is 24.8 Å². The predicted molar refractivity (Wildman–Crippen MR) is 125 cm³/mol. The number of hydrogen-bond acceptors (Lipinski definition) is 4. The molecule has 1 aliphatic rings. The van der Waals surface area contributed by atoms with Crippen LogP contribution in [0.2, 0.25) is 0 Å². The minimum atomic E-state index is -0.316. The number of halogens is 1. The van der Waals surface area contributed by atoms with Crippen LogP contribution in [0.3, 0.4) is 0 Å². The summed E-state index contributed by atoms with van der Waals surface area (Å²) in [7, 11) is 0. The molecule has 0 saturated carbocycles. The zero-order chi connectivity index (χ0) is 23.3. The zero-order valence-electron chi connectivity index (χ0n) is 19.3. The molecule has 1 atom stereocenters. The van der Waals surface area contributed by atoms with Crippen molar-refractivity contribution in [3.63, 3.8) is 0 Å². The van der Waals surface area contributed by atoms with Crippen molar-refractivity contribution in [3.05, 3.63) is 52.0 Å². The molecule has 32 heavy (non-hydrogen) atoms. The first kappa shape index (κ1) is 24.2. The first-order valence-corrected chi connectivity index (χ1v) is 12.2. The summed E-state index contributed by atoms with van der Waals surface area (Å²) in [4.78, 5) is 31.0. The molecule has 174 valence electrons. The third kappa shape index (κ3) is 6.09. The second-order valence-corrected chi connectivity index (χ2v) is 10.0. The van der Waals surface area contributed by atoms with Gasteiger partial charge in [0.05, 0.1) is 12.6 Å². The number of carbonyl (C=O) groups excluding carboxylic acids is 2. The van der Waals surface area contributed by atoms with Gasteiger partial charge in [-0.3, -0.25) is 9.59 Å². The third-order valence-electron chi connectivity index (χ3n) is 5.74. The molecule has 0 radical (unpaired) electrons. The Labute approximate surface area is 194 Å². The maximum absolute atomic E-state index is 13.4. The van der Waals surface area contributed by atoms with Crippen LogP contribution < -0.4 is 4.74 Å². The van der Waals surface area contributed by atoms with Crippen LogP contribution in [0.25, 0.3) is 0 Å². The largest absolute Gasteiger partial charge is 0.491 e. The quantitative estimate of drug-likeness (QED) is 0.534. The van der Waals surface area contributed by atoms with Gasteiger partial charge in [-0.15, -0.1) is 11.3 Å². The SMILES string of the molecule is CC(C)CCN(CC(=O)N1CCc2sccc2[C@H]1COc1ccc(F)cc1)C(=O)C(C)C. The van der Waals surface area contributed by atoms with Crippen LogP contribution in [-0.2, 0) is 16.0 Å². The number of rotatable bonds is 9. The molecule has 2 heterocycles. The Hall–Kier alpha value is -2.41. The van der Waals surface area contributed by atoms with Gasteiger partial charge in [-0.2, -0.15) is 0 Å². The summed E-state index contributed by atoms with van der Waals surface area (Å²) in [6.07, 6.45) is 1.66. The molecule has 1 aromatic carbocycles. The lowest BCUT2D eigenvalue weighted by Gasteiger charge is -2.37. The van der Waals surface area contributed by atoms with Crippen LogP contribution in [-0.4, -0.2) is 47.9 Å². The van der Waals surface area contributed by atoms with Crippen molar-refractivity contribution in [2.75, 3.05) is 26.2 Å². The summed E-state index contributed by atoms with van der Waals surface area (Å²) in [6.45, 7) is 9.50. The fourth-order valence-corrected chi connectivity index (χ4v) is 4.81. The first-order chi connectivity index (χ1) is 15.3. The van der Waals surface area contributed by atoms with Crippen LogP contribution in [0.1, 0.15) is 50.6 Å². The highest BCUT2D eigenvalue weighted by Gasteiger charge is 2.33. The first-order valence-electron chi connectivity index (χ1n) is 11.3. The summed E-state index contributed by atoms with van der Waals surface area (Å²) < 4.78 is 19.2. The number of carbonyl (C=O) groups is 2. The van der Waals surface area contributed by atoms with Gasteiger partial charge in [-0.1, -0.05) is 27.7 Å². The lowest BCUT2D eigenvalue weighted by molar-refractivity contribution is -0.144. The normalized spacial score (nSPS) is 15.7. The van der Waals surface area contributed by atoms with Crippen molar-refractivity contribution in [1.29, 1.82) is 0 Å². The topological polar surface area (TPSA) is 49.9 Å². The summed E-state index contributed by atoms with van der Waals surface area (Å²) in [5, 5.41) is 2.04. The Morgan fingerprint density at radius 2 is 1.91 bits per heavy atom. The van der Waals surface area contributed by atoms with E-state index in [0.717, 1.165) is 18.4 Å². The van der Waals surface area contributed by atoms with Crippen molar-refractivity contribution >= 4 is 23.2 Å². The highest BCUT2D eigenvalue weighted by Crippen LogP contribution is 2.34. The van der Waals surface area contributed by atoms with Crippen LogP contribution in [0.4, 0.5) is 4.39 Å². The molecule has 0 fully saturated rings. The van der Waals surface area contributed by atoms with E-state index in [9.17, 15) is 14.0 Å². The molecule has 0 bridgehead atoms. The molecule has 3 rings (SSSR count). The van der Waals surface area contributed by atoms with Gasteiger partial charge >= 0.3 is 0 Å². The van der Waals surface area contributed by atoms with Crippen molar-refractivity contribution < 1.29 is 18.7 Å². The molecule has 0 saturated heterocycles. The van der Waals surface area contributed by atoms with E-state index in [1.54, 1.807) is 28.4 Å². The average Bonchev–Trinajstić information content (AvgIpc) is 3.24. The van der Waals surface area contributed by atoms with Gasteiger partial charge in [-0.25, -0.2) is 4.39 Å². The number of hydrogen-bond donors (Lipinski definition) is 0. The number of thiophene rings is 1. The van der Waals surface area contributed by atoms with Gasteiger partial charge in [0, 0.05) is 23.9 Å². The molecule has 2 amide bonds. The molecule has 2 aromatic rings. The predicted octanol–water partition coefficient (Wildman–Crippen LogP) is 4.92. The van der Waals surface area contributed by atoms with E-state index in [4.69, 9.17) is 4.74 Å². The summed E-state index contributed by atoms with van der Waals surface area (Å²) in [6, 6.07) is 7.72. The van der Waals surface area contributed by atoms with Gasteiger partial charge in [0.1, 0.15) is 18.2 Å². The van der Waals surface area contributed by atoms with E-state index < -0.39 is 0 Å². The summed E-state index contributed by atoms with van der Waals surface area (Å²) in [5.74, 6) is 0.488. The molecular weight excluding hydrogens is 427 g/mol. The Morgan fingerprint density at radius 1 is 1.19 bits per heavy atom. The van der Waals surface area contributed by atoms with Crippen LogP contribution in [0.15, 0.2) is 35.7 Å². The maximum Gasteiger partial charge on any atom is 0.242 e. The fraction of sp³-hybridized carbons (Fsp3) is 0.520. The number of fused-ring (bicyclic) bond motifs is 1. The smallest absolute Gasteiger partial charge is 0.242 e. The second kappa shape index (κ2) is 10.9. The van der Waals surface area contributed by atoms with E-state index in [1.807, 2.05) is 30.2 Å². The second-order valence-electron chi connectivity index (χ2n) is 9.01. The monoisotopic (exact) mass is 460 g/mol. The minimum Gasteiger partial charge on any atom is -0.491 e. The Morgan fingerprint density at radius 3 is 2.56 bits per heavy atom. The van der Waals surface area contributed by atoms with Gasteiger partial charge in [0.15, 0.2) is 0 Å². The molecule has 0 N–H and O–H groups in total. The summed E-state index contributed by atoms with van der Waals surface area (Å²) in [5.41, 5.74) is 1.10. The molecule has 5 nitrogen and oxygen atoms in total. The molecule has 0 aliphatic carbocycles. The van der Waals surface area contributed by atoms with Crippen molar-refractivity contribution in [3.8, 4) is 5.75 Å². The van der Waals surface area contributed by atoms with E-state index >= 15 is 0 Å². The van der Waals surface area contributed by atoms with Gasteiger partial charge in [0.25, 0.3) is 0 Å². The van der Waals surface area contributed by atoms with Gasteiger partial charge < -0.3 is 14.5 Å². The highest BCUT2D eigenvalue weighted by atomic mass is 32.1. The third-order valence-corrected chi connectivity index (χ3v) is 6.74. The van der Waals surface area contributed by atoms with Gasteiger partial charge in [-0.05, 0) is 60.0 Å². The minimum absolute atomic E-state index is 0.00587. The molecule has 1 aromatic heterocycles. The molecule has 7 heteroatoms. The maximum atomic E-state index is 13.4. The van der Waals surface area contributed by atoms with Gasteiger partial charge in [0.2, 0.25) is 11.8 Å². The van der Waals surface area contributed by atoms with Crippen LogP contribution in [0, 0.1) is 17.7 Å². The molecular formula is C25H33FN2O3S. The molecule has 0 spiro atoms. The van der Waals surface area contributed by atoms with E-state index in [1.165, 1.54) is 17.0 Å². The van der Waals surface area contributed by atoms with Crippen LogP contribution in [0.5, 0.6) is 5.75 Å². The van der Waals surface area contributed by atoms with Crippen molar-refractivity contribution in [2.45, 2.75) is 46.6 Å². The van der Waals surface area contributed by atoms with Crippen molar-refractivity contribution in [2.24, 2.45) is 11.8 Å².